The zero-order valence-electron chi connectivity index (χ0n) is 16.0. The highest BCUT2D eigenvalue weighted by Gasteiger charge is 2.18. The number of nitrogens with one attached hydrogen (secondary N) is 1. The molecule has 2 aromatic carbocycles. The minimum Gasteiger partial charge on any atom is -0.374 e. The largest absolute Gasteiger partial charge is 0.374 e. The second-order valence-electron chi connectivity index (χ2n) is 6.66. The van der Waals surface area contributed by atoms with Crippen LogP contribution in [-0.4, -0.2) is 17.8 Å². The van der Waals surface area contributed by atoms with Crippen LogP contribution in [0.4, 0.5) is 0 Å². The number of hydrogen-bond acceptors (Lipinski definition) is 4. The molecule has 0 bridgehead atoms. The Labute approximate surface area is 169 Å². The molecule has 0 fully saturated rings. The van der Waals surface area contributed by atoms with Gasteiger partial charge in [0, 0.05) is 12.1 Å². The third kappa shape index (κ3) is 4.94. The van der Waals surface area contributed by atoms with Gasteiger partial charge < -0.3 is 10.1 Å². The molecule has 144 valence electrons. The Bertz CT molecular complexity index is 948. The summed E-state index contributed by atoms with van der Waals surface area (Å²) in [5, 5.41) is 4.79. The van der Waals surface area contributed by atoms with Gasteiger partial charge in [-0.25, -0.2) is 0 Å². The molecule has 5 heteroatoms. The molecule has 0 unspecified atom stereocenters. The number of ketones is 1. The number of rotatable bonds is 8. The lowest BCUT2D eigenvalue weighted by Crippen LogP contribution is -2.25. The van der Waals surface area contributed by atoms with Crippen LogP contribution in [0.2, 0.25) is 0 Å². The van der Waals surface area contributed by atoms with Crippen LogP contribution in [-0.2, 0) is 17.9 Å². The Kier molecular flexibility index (Phi) is 6.74. The molecule has 0 saturated carbocycles. The standard InChI is InChI=1S/C23H23NO3S/c1-16(2)27-15-18-9-4-3-8-17(18)14-24-23(26)20-11-6-5-10-19(20)22(25)21-12-7-13-28-21/h3-13,16H,14-15H2,1-2H3,(H,24,26). The van der Waals surface area contributed by atoms with Gasteiger partial charge in [0.15, 0.2) is 0 Å². The maximum absolute atomic E-state index is 12.8. The first-order valence-electron chi connectivity index (χ1n) is 9.20. The van der Waals surface area contributed by atoms with Crippen LogP contribution >= 0.6 is 11.3 Å². The maximum atomic E-state index is 12.8. The van der Waals surface area contributed by atoms with E-state index in [4.69, 9.17) is 4.74 Å². The second-order valence-corrected chi connectivity index (χ2v) is 7.61. The number of ether oxygens (including phenoxy) is 1. The van der Waals surface area contributed by atoms with Crippen molar-refractivity contribution in [2.75, 3.05) is 0 Å². The lowest BCUT2D eigenvalue weighted by Gasteiger charge is -2.13. The molecule has 0 atom stereocenters. The van der Waals surface area contributed by atoms with Crippen LogP contribution in [0.3, 0.4) is 0 Å². The second kappa shape index (κ2) is 9.44. The summed E-state index contributed by atoms with van der Waals surface area (Å²) < 4.78 is 5.70. The molecule has 1 aromatic heterocycles. The molecular formula is C23H23NO3S. The highest BCUT2D eigenvalue weighted by atomic mass is 32.1. The van der Waals surface area contributed by atoms with Crippen LogP contribution in [0.5, 0.6) is 0 Å². The van der Waals surface area contributed by atoms with E-state index in [2.05, 4.69) is 5.32 Å². The summed E-state index contributed by atoms with van der Waals surface area (Å²) in [6.45, 7) is 4.85. The van der Waals surface area contributed by atoms with E-state index in [1.165, 1.54) is 11.3 Å². The number of thiophene rings is 1. The lowest BCUT2D eigenvalue weighted by molar-refractivity contribution is 0.0651. The van der Waals surface area contributed by atoms with Gasteiger partial charge in [-0.3, -0.25) is 9.59 Å². The fraction of sp³-hybridized carbons (Fsp3) is 0.217. The molecule has 3 rings (SSSR count). The first kappa shape index (κ1) is 20.0. The molecule has 1 amide bonds. The molecular weight excluding hydrogens is 370 g/mol. The predicted molar refractivity (Wildman–Crippen MR) is 112 cm³/mol. The summed E-state index contributed by atoms with van der Waals surface area (Å²) in [6, 6.07) is 18.4. The van der Waals surface area contributed by atoms with E-state index in [0.717, 1.165) is 11.1 Å². The summed E-state index contributed by atoms with van der Waals surface area (Å²) in [5.74, 6) is -0.397. The van der Waals surface area contributed by atoms with Gasteiger partial charge in [-0.05, 0) is 42.5 Å². The van der Waals surface area contributed by atoms with Crippen molar-refractivity contribution in [1.82, 2.24) is 5.32 Å². The van der Waals surface area contributed by atoms with Crippen LogP contribution in [0.15, 0.2) is 66.0 Å². The summed E-state index contributed by atoms with van der Waals surface area (Å²) in [5.41, 5.74) is 2.84. The van der Waals surface area contributed by atoms with Crippen molar-refractivity contribution in [2.24, 2.45) is 0 Å². The monoisotopic (exact) mass is 393 g/mol. The van der Waals surface area contributed by atoms with Crippen molar-refractivity contribution in [2.45, 2.75) is 33.1 Å². The molecule has 0 spiro atoms. The molecule has 0 aliphatic carbocycles. The van der Waals surface area contributed by atoms with Crippen molar-refractivity contribution in [3.05, 3.63) is 93.2 Å². The van der Waals surface area contributed by atoms with Gasteiger partial charge in [-0.1, -0.05) is 48.5 Å². The van der Waals surface area contributed by atoms with E-state index in [1.54, 1.807) is 30.3 Å². The molecule has 28 heavy (non-hydrogen) atoms. The average molecular weight is 394 g/mol. The molecule has 1 N–H and O–H groups in total. The van der Waals surface area contributed by atoms with Crippen molar-refractivity contribution in [1.29, 1.82) is 0 Å². The van der Waals surface area contributed by atoms with Crippen LogP contribution in [0, 0.1) is 0 Å². The molecule has 0 radical (unpaired) electrons. The third-order valence-electron chi connectivity index (χ3n) is 4.29. The van der Waals surface area contributed by atoms with E-state index in [0.29, 0.717) is 29.2 Å². The highest BCUT2D eigenvalue weighted by Crippen LogP contribution is 2.19. The molecule has 3 aromatic rings. The minimum atomic E-state index is -0.264. The number of amides is 1. The van der Waals surface area contributed by atoms with E-state index in [9.17, 15) is 9.59 Å². The maximum Gasteiger partial charge on any atom is 0.252 e. The van der Waals surface area contributed by atoms with E-state index < -0.39 is 0 Å². The van der Waals surface area contributed by atoms with Crippen LogP contribution in [0.25, 0.3) is 0 Å². The van der Waals surface area contributed by atoms with Crippen LogP contribution < -0.4 is 5.32 Å². The van der Waals surface area contributed by atoms with Crippen molar-refractivity contribution >= 4 is 23.0 Å². The van der Waals surface area contributed by atoms with E-state index >= 15 is 0 Å². The number of benzene rings is 2. The van der Waals surface area contributed by atoms with Gasteiger partial charge in [-0.15, -0.1) is 11.3 Å². The normalized spacial score (nSPS) is 10.8. The van der Waals surface area contributed by atoms with Crippen molar-refractivity contribution in [3.8, 4) is 0 Å². The van der Waals surface area contributed by atoms with Crippen molar-refractivity contribution in [3.63, 3.8) is 0 Å². The molecule has 0 aliphatic heterocycles. The summed E-state index contributed by atoms with van der Waals surface area (Å²) in [6.07, 6.45) is 0.137. The zero-order valence-corrected chi connectivity index (χ0v) is 16.8. The quantitative estimate of drug-likeness (QED) is 0.558. The Balaban J connectivity index is 1.74. The zero-order chi connectivity index (χ0) is 19.9. The first-order valence-corrected chi connectivity index (χ1v) is 10.1. The summed E-state index contributed by atoms with van der Waals surface area (Å²) in [7, 11) is 0. The molecule has 0 saturated heterocycles. The summed E-state index contributed by atoms with van der Waals surface area (Å²) in [4.78, 5) is 26.1. The third-order valence-corrected chi connectivity index (χ3v) is 5.16. The molecule has 1 heterocycles. The van der Waals surface area contributed by atoms with Gasteiger partial charge in [0.2, 0.25) is 5.78 Å². The fourth-order valence-electron chi connectivity index (χ4n) is 2.82. The Morgan fingerprint density at radius 2 is 1.61 bits per heavy atom. The molecule has 4 nitrogen and oxygen atoms in total. The highest BCUT2D eigenvalue weighted by molar-refractivity contribution is 7.12. The fourth-order valence-corrected chi connectivity index (χ4v) is 3.50. The van der Waals surface area contributed by atoms with Gasteiger partial charge in [-0.2, -0.15) is 0 Å². The van der Waals surface area contributed by atoms with Crippen molar-refractivity contribution < 1.29 is 14.3 Å². The topological polar surface area (TPSA) is 55.4 Å². The Morgan fingerprint density at radius 3 is 2.29 bits per heavy atom. The lowest BCUT2D eigenvalue weighted by atomic mass is 10.0. The van der Waals surface area contributed by atoms with Gasteiger partial charge in [0.1, 0.15) is 0 Å². The predicted octanol–water partition coefficient (Wildman–Crippen LogP) is 4.83. The Morgan fingerprint density at radius 1 is 0.929 bits per heavy atom. The van der Waals surface area contributed by atoms with Crippen LogP contribution in [0.1, 0.15) is 50.6 Å². The molecule has 0 aliphatic rings. The van der Waals surface area contributed by atoms with E-state index in [-0.39, 0.29) is 17.8 Å². The minimum absolute atomic E-state index is 0.133. The average Bonchev–Trinajstić information content (AvgIpc) is 3.25. The Hall–Kier alpha value is -2.76. The number of hydrogen-bond donors (Lipinski definition) is 1. The van der Waals surface area contributed by atoms with Gasteiger partial charge in [0.05, 0.1) is 23.2 Å². The van der Waals surface area contributed by atoms with E-state index in [1.807, 2.05) is 49.6 Å². The summed E-state index contributed by atoms with van der Waals surface area (Å²) >= 11 is 1.37. The first-order chi connectivity index (χ1) is 13.6. The SMILES string of the molecule is CC(C)OCc1ccccc1CNC(=O)c1ccccc1C(=O)c1cccs1. The smallest absolute Gasteiger partial charge is 0.252 e. The van der Waals surface area contributed by atoms with Gasteiger partial charge >= 0.3 is 0 Å². The number of carbonyl (C=O) groups is 2. The van der Waals surface area contributed by atoms with Gasteiger partial charge in [0.25, 0.3) is 5.91 Å². The number of carbonyl (C=O) groups excluding carboxylic acids is 2.